The Hall–Kier alpha value is -1.21. The van der Waals surface area contributed by atoms with Crippen molar-refractivity contribution in [1.29, 1.82) is 0 Å². The topological polar surface area (TPSA) is 12.9 Å². The number of halogens is 4. The van der Waals surface area contributed by atoms with E-state index in [1.807, 2.05) is 0 Å². The highest BCUT2D eigenvalue weighted by molar-refractivity contribution is 6.18. The molecule has 0 N–H and O–H groups in total. The Balaban J connectivity index is 3.04. The molecule has 0 radical (unpaired) electrons. The summed E-state index contributed by atoms with van der Waals surface area (Å²) in [5, 5.41) is 0. The molecule has 1 nitrogen and oxygen atoms in total. The van der Waals surface area contributed by atoms with Crippen molar-refractivity contribution < 1.29 is 13.2 Å². The fraction of sp³-hybridized carbons (Fsp3) is 0.300. The van der Waals surface area contributed by atoms with Crippen LogP contribution < -0.4 is 0 Å². The summed E-state index contributed by atoms with van der Waals surface area (Å²) < 4.78 is 37.3. The molecule has 0 aliphatic heterocycles. The summed E-state index contributed by atoms with van der Waals surface area (Å²) >= 11 is 5.36. The highest BCUT2D eigenvalue weighted by atomic mass is 35.5. The van der Waals surface area contributed by atoms with Crippen LogP contribution >= 0.6 is 11.6 Å². The lowest BCUT2D eigenvalue weighted by Gasteiger charge is -2.07. The predicted octanol–water partition coefficient (Wildman–Crippen LogP) is 3.08. The van der Waals surface area contributed by atoms with Crippen LogP contribution in [0.15, 0.2) is 18.5 Å². The third-order valence-electron chi connectivity index (χ3n) is 1.57. The van der Waals surface area contributed by atoms with Gasteiger partial charge in [0.1, 0.15) is 0 Å². The Labute approximate surface area is 90.3 Å². The van der Waals surface area contributed by atoms with Gasteiger partial charge in [-0.25, -0.2) is 0 Å². The van der Waals surface area contributed by atoms with Crippen molar-refractivity contribution in [1.82, 2.24) is 4.98 Å². The zero-order valence-corrected chi connectivity index (χ0v) is 8.36. The SMILES string of the molecule is FC(F)(F)c1ccncc1C#CCCCl. The minimum atomic E-state index is -4.39. The average molecular weight is 234 g/mol. The Morgan fingerprint density at radius 2 is 2.13 bits per heavy atom. The first kappa shape index (κ1) is 11.9. The molecule has 5 heteroatoms. The minimum absolute atomic E-state index is 0.116. The molecule has 1 rings (SSSR count). The molecule has 0 aliphatic carbocycles. The lowest BCUT2D eigenvalue weighted by atomic mass is 10.1. The van der Waals surface area contributed by atoms with E-state index in [1.54, 1.807) is 0 Å². The van der Waals surface area contributed by atoms with Gasteiger partial charge in [-0.05, 0) is 6.07 Å². The largest absolute Gasteiger partial charge is 0.417 e. The fourth-order valence-electron chi connectivity index (χ4n) is 0.946. The van der Waals surface area contributed by atoms with Crippen molar-refractivity contribution in [3.8, 4) is 11.8 Å². The highest BCUT2D eigenvalue weighted by Gasteiger charge is 2.32. The van der Waals surface area contributed by atoms with E-state index >= 15 is 0 Å². The van der Waals surface area contributed by atoms with E-state index in [-0.39, 0.29) is 5.56 Å². The third kappa shape index (κ3) is 3.45. The number of hydrogen-bond acceptors (Lipinski definition) is 1. The van der Waals surface area contributed by atoms with E-state index in [4.69, 9.17) is 11.6 Å². The molecule has 0 bridgehead atoms. The van der Waals surface area contributed by atoms with Crippen LogP contribution in [0.5, 0.6) is 0 Å². The Morgan fingerprint density at radius 3 is 2.73 bits per heavy atom. The van der Waals surface area contributed by atoms with E-state index < -0.39 is 11.7 Å². The number of rotatable bonds is 1. The van der Waals surface area contributed by atoms with Crippen LogP contribution in [0, 0.1) is 11.8 Å². The molecule has 1 aromatic heterocycles. The summed E-state index contributed by atoms with van der Waals surface area (Å²) in [5.74, 6) is 5.25. The fourth-order valence-corrected chi connectivity index (χ4v) is 1.04. The van der Waals surface area contributed by atoms with Gasteiger partial charge < -0.3 is 0 Å². The van der Waals surface area contributed by atoms with Gasteiger partial charge in [-0.1, -0.05) is 11.8 Å². The summed E-state index contributed by atoms with van der Waals surface area (Å²) in [6.45, 7) is 0. The Morgan fingerprint density at radius 1 is 1.40 bits per heavy atom. The monoisotopic (exact) mass is 233 g/mol. The molecule has 0 aromatic carbocycles. The maximum atomic E-state index is 12.4. The summed E-state index contributed by atoms with van der Waals surface area (Å²) in [7, 11) is 0. The molecular formula is C10H7ClF3N. The molecule has 0 unspecified atom stereocenters. The van der Waals surface area contributed by atoms with Crippen molar-refractivity contribution >= 4 is 11.6 Å². The van der Waals surface area contributed by atoms with Crippen LogP contribution in [-0.2, 0) is 6.18 Å². The van der Waals surface area contributed by atoms with Crippen molar-refractivity contribution in [2.45, 2.75) is 12.6 Å². The molecule has 0 spiro atoms. The first-order valence-corrected chi connectivity index (χ1v) is 4.65. The Bertz CT molecular complexity index is 390. The molecule has 15 heavy (non-hydrogen) atoms. The van der Waals surface area contributed by atoms with Gasteiger partial charge in [0.25, 0.3) is 0 Å². The van der Waals surface area contributed by atoms with Gasteiger partial charge in [0.05, 0.1) is 11.1 Å². The number of nitrogens with zero attached hydrogens (tertiary/aromatic N) is 1. The maximum Gasteiger partial charge on any atom is 0.417 e. The molecule has 0 atom stereocenters. The average Bonchev–Trinajstić information content (AvgIpc) is 2.17. The second kappa shape index (κ2) is 5.04. The van der Waals surface area contributed by atoms with Gasteiger partial charge >= 0.3 is 6.18 Å². The minimum Gasteiger partial charge on any atom is -0.263 e. The molecular weight excluding hydrogens is 227 g/mol. The van der Waals surface area contributed by atoms with E-state index in [0.29, 0.717) is 12.3 Å². The van der Waals surface area contributed by atoms with Crippen LogP contribution in [0.3, 0.4) is 0 Å². The number of aromatic nitrogens is 1. The molecule has 0 fully saturated rings. The maximum absolute atomic E-state index is 12.4. The lowest BCUT2D eigenvalue weighted by Crippen LogP contribution is -2.07. The van der Waals surface area contributed by atoms with Crippen molar-refractivity contribution in [3.05, 3.63) is 29.6 Å². The van der Waals surface area contributed by atoms with Gasteiger partial charge in [0.15, 0.2) is 0 Å². The summed E-state index contributed by atoms with van der Waals surface area (Å²) in [6, 6.07) is 0.907. The van der Waals surface area contributed by atoms with Crippen molar-refractivity contribution in [2.75, 3.05) is 5.88 Å². The van der Waals surface area contributed by atoms with E-state index in [2.05, 4.69) is 16.8 Å². The summed E-state index contributed by atoms with van der Waals surface area (Å²) in [4.78, 5) is 3.60. The first-order chi connectivity index (χ1) is 7.05. The first-order valence-electron chi connectivity index (χ1n) is 4.11. The van der Waals surface area contributed by atoms with Gasteiger partial charge in [-0.15, -0.1) is 11.6 Å². The molecule has 0 saturated carbocycles. The zero-order valence-electron chi connectivity index (χ0n) is 7.61. The summed E-state index contributed by atoms with van der Waals surface area (Å²) in [6.07, 6.45) is -1.85. The van der Waals surface area contributed by atoms with Gasteiger partial charge in [0.2, 0.25) is 0 Å². The zero-order chi connectivity index (χ0) is 11.3. The van der Waals surface area contributed by atoms with Crippen molar-refractivity contribution in [3.63, 3.8) is 0 Å². The number of pyridine rings is 1. The van der Waals surface area contributed by atoms with Crippen LogP contribution in [-0.4, -0.2) is 10.9 Å². The lowest BCUT2D eigenvalue weighted by molar-refractivity contribution is -0.137. The standard InChI is InChI=1S/C10H7ClF3N/c11-5-2-1-3-8-7-15-6-4-9(8)10(12,13)14/h4,6-7H,2,5H2. The second-order valence-corrected chi connectivity index (χ2v) is 3.04. The smallest absolute Gasteiger partial charge is 0.263 e. The molecule has 80 valence electrons. The van der Waals surface area contributed by atoms with E-state index in [9.17, 15) is 13.2 Å². The van der Waals surface area contributed by atoms with Gasteiger partial charge in [0, 0.05) is 24.7 Å². The van der Waals surface area contributed by atoms with Crippen molar-refractivity contribution in [2.24, 2.45) is 0 Å². The van der Waals surface area contributed by atoms with Crippen LogP contribution in [0.4, 0.5) is 13.2 Å². The molecule has 0 amide bonds. The van der Waals surface area contributed by atoms with Crippen LogP contribution in [0.25, 0.3) is 0 Å². The normalized spacial score (nSPS) is 10.7. The Kier molecular flexibility index (Phi) is 3.98. The quantitative estimate of drug-likeness (QED) is 0.537. The summed E-state index contributed by atoms with van der Waals surface area (Å²) in [5.41, 5.74) is -0.880. The van der Waals surface area contributed by atoms with Gasteiger partial charge in [-0.3, -0.25) is 4.98 Å². The molecule has 0 saturated heterocycles. The van der Waals surface area contributed by atoms with Gasteiger partial charge in [-0.2, -0.15) is 13.2 Å². The van der Waals surface area contributed by atoms with E-state index in [0.717, 1.165) is 18.5 Å². The molecule has 1 heterocycles. The number of hydrogen-bond donors (Lipinski definition) is 0. The molecule has 0 aliphatic rings. The second-order valence-electron chi connectivity index (χ2n) is 2.66. The van der Waals surface area contributed by atoms with E-state index in [1.165, 1.54) is 0 Å². The third-order valence-corrected chi connectivity index (χ3v) is 1.76. The van der Waals surface area contributed by atoms with Crippen LogP contribution in [0.2, 0.25) is 0 Å². The predicted molar refractivity (Wildman–Crippen MR) is 51.5 cm³/mol. The molecule has 1 aromatic rings. The van der Waals surface area contributed by atoms with Crippen LogP contribution in [0.1, 0.15) is 17.5 Å². The highest BCUT2D eigenvalue weighted by Crippen LogP contribution is 2.30. The number of alkyl halides is 4.